The van der Waals surface area contributed by atoms with Gasteiger partial charge in [-0.05, 0) is 42.8 Å². The predicted molar refractivity (Wildman–Crippen MR) is 80.5 cm³/mol. The molecule has 0 saturated heterocycles. The van der Waals surface area contributed by atoms with Crippen molar-refractivity contribution in [2.75, 3.05) is 5.32 Å². The third kappa shape index (κ3) is 3.67. The molecule has 0 aliphatic carbocycles. The molecule has 8 heteroatoms. The van der Waals surface area contributed by atoms with Crippen molar-refractivity contribution in [1.82, 2.24) is 0 Å². The van der Waals surface area contributed by atoms with E-state index in [2.05, 4.69) is 5.32 Å². The van der Waals surface area contributed by atoms with Crippen molar-refractivity contribution in [2.24, 2.45) is 0 Å². The minimum atomic E-state index is -5.69. The van der Waals surface area contributed by atoms with Gasteiger partial charge in [0.25, 0.3) is 5.91 Å². The minimum Gasteiger partial charge on any atom is -0.322 e. The van der Waals surface area contributed by atoms with Gasteiger partial charge in [0.15, 0.2) is 0 Å². The number of nitrogens with one attached hydrogen (secondary N) is 1. The number of amides is 1. The van der Waals surface area contributed by atoms with Gasteiger partial charge < -0.3 is 5.32 Å². The molecule has 0 aliphatic rings. The summed E-state index contributed by atoms with van der Waals surface area (Å²) in [6.07, 6.45) is -5.69. The second-order valence-corrected chi connectivity index (χ2v) is 5.50. The van der Waals surface area contributed by atoms with Crippen molar-refractivity contribution in [3.05, 3.63) is 64.2 Å². The molecular formula is C16H11ClF5NO. The molecule has 2 rings (SSSR count). The van der Waals surface area contributed by atoms with E-state index in [0.29, 0.717) is 17.2 Å². The Morgan fingerprint density at radius 1 is 1.04 bits per heavy atom. The molecule has 0 bridgehead atoms. The number of halogens is 6. The number of carbonyl (C=O) groups is 1. The van der Waals surface area contributed by atoms with E-state index in [-0.39, 0.29) is 16.8 Å². The summed E-state index contributed by atoms with van der Waals surface area (Å²) in [5.41, 5.74) is -0.756. The molecule has 0 saturated carbocycles. The largest absolute Gasteiger partial charge is 0.458 e. The molecule has 0 atom stereocenters. The standard InChI is InChI=1S/C16H11ClF5NO/c1-9-7-11(15(18,19)16(20,21)22)5-6-13(9)23-14(24)10-3-2-4-12(17)8-10/h2-8H,1H3,(H,23,24). The van der Waals surface area contributed by atoms with Crippen LogP contribution in [0.1, 0.15) is 21.5 Å². The van der Waals surface area contributed by atoms with Crippen molar-refractivity contribution >= 4 is 23.2 Å². The first-order valence-electron chi connectivity index (χ1n) is 6.65. The number of anilines is 1. The minimum absolute atomic E-state index is 0.0757. The quantitative estimate of drug-likeness (QED) is 0.711. The zero-order chi connectivity index (χ0) is 18.1. The third-order valence-corrected chi connectivity index (χ3v) is 3.52. The first-order valence-corrected chi connectivity index (χ1v) is 7.03. The summed E-state index contributed by atoms with van der Waals surface area (Å²) >= 11 is 5.77. The van der Waals surface area contributed by atoms with Crippen molar-refractivity contribution in [1.29, 1.82) is 0 Å². The summed E-state index contributed by atoms with van der Waals surface area (Å²) in [6.45, 7) is 1.32. The second kappa shape index (κ2) is 6.39. The summed E-state index contributed by atoms with van der Waals surface area (Å²) in [7, 11) is 0. The Morgan fingerprint density at radius 2 is 1.71 bits per heavy atom. The predicted octanol–water partition coefficient (Wildman–Crippen LogP) is 5.55. The van der Waals surface area contributed by atoms with Gasteiger partial charge in [0.1, 0.15) is 0 Å². The molecule has 128 valence electrons. The fourth-order valence-electron chi connectivity index (χ4n) is 1.99. The van der Waals surface area contributed by atoms with Crippen molar-refractivity contribution in [2.45, 2.75) is 19.0 Å². The molecule has 0 heterocycles. The van der Waals surface area contributed by atoms with Crippen LogP contribution in [0, 0.1) is 6.92 Å². The van der Waals surface area contributed by atoms with Crippen LogP contribution in [-0.2, 0) is 5.92 Å². The lowest BCUT2D eigenvalue weighted by Gasteiger charge is -2.21. The number of rotatable bonds is 3. The van der Waals surface area contributed by atoms with Gasteiger partial charge in [0.2, 0.25) is 0 Å². The summed E-state index contributed by atoms with van der Waals surface area (Å²) in [6, 6.07) is 8.34. The molecule has 1 amide bonds. The van der Waals surface area contributed by atoms with E-state index in [1.165, 1.54) is 19.1 Å². The van der Waals surface area contributed by atoms with Crippen LogP contribution in [0.3, 0.4) is 0 Å². The van der Waals surface area contributed by atoms with E-state index >= 15 is 0 Å². The van der Waals surface area contributed by atoms with Gasteiger partial charge in [-0.15, -0.1) is 0 Å². The van der Waals surface area contributed by atoms with E-state index in [1.54, 1.807) is 12.1 Å². The van der Waals surface area contributed by atoms with Gasteiger partial charge >= 0.3 is 12.1 Å². The molecule has 2 aromatic carbocycles. The van der Waals surface area contributed by atoms with E-state index in [4.69, 9.17) is 11.6 Å². The van der Waals surface area contributed by atoms with Crippen molar-refractivity contribution in [3.8, 4) is 0 Å². The summed E-state index contributed by atoms with van der Waals surface area (Å²) in [5.74, 6) is -5.52. The Kier molecular flexibility index (Phi) is 4.85. The molecule has 0 fully saturated rings. The number of hydrogen-bond acceptors (Lipinski definition) is 1. The number of hydrogen-bond donors (Lipinski definition) is 1. The Labute approximate surface area is 139 Å². The maximum Gasteiger partial charge on any atom is 0.458 e. The Bertz CT molecular complexity index is 773. The molecule has 24 heavy (non-hydrogen) atoms. The highest BCUT2D eigenvalue weighted by atomic mass is 35.5. The maximum absolute atomic E-state index is 13.3. The van der Waals surface area contributed by atoms with Crippen LogP contribution in [0.2, 0.25) is 5.02 Å². The molecule has 0 radical (unpaired) electrons. The molecule has 0 aromatic heterocycles. The topological polar surface area (TPSA) is 29.1 Å². The summed E-state index contributed by atoms with van der Waals surface area (Å²) in [5, 5.41) is 2.78. The summed E-state index contributed by atoms with van der Waals surface area (Å²) < 4.78 is 63.8. The van der Waals surface area contributed by atoms with Crippen LogP contribution < -0.4 is 5.32 Å². The zero-order valence-electron chi connectivity index (χ0n) is 12.2. The van der Waals surface area contributed by atoms with Crippen LogP contribution in [0.25, 0.3) is 0 Å². The van der Waals surface area contributed by atoms with E-state index in [1.807, 2.05) is 0 Å². The highest BCUT2D eigenvalue weighted by Crippen LogP contribution is 2.44. The molecular weight excluding hydrogens is 353 g/mol. The van der Waals surface area contributed by atoms with Crippen LogP contribution >= 0.6 is 11.6 Å². The van der Waals surface area contributed by atoms with Crippen molar-refractivity contribution < 1.29 is 26.7 Å². The number of benzene rings is 2. The lowest BCUT2D eigenvalue weighted by Crippen LogP contribution is -2.33. The van der Waals surface area contributed by atoms with Crippen LogP contribution in [0.4, 0.5) is 27.6 Å². The number of carbonyl (C=O) groups excluding carboxylic acids is 1. The smallest absolute Gasteiger partial charge is 0.322 e. The molecule has 0 unspecified atom stereocenters. The average Bonchev–Trinajstić information content (AvgIpc) is 2.48. The Balaban J connectivity index is 2.26. The molecule has 2 nitrogen and oxygen atoms in total. The van der Waals surface area contributed by atoms with Crippen LogP contribution in [0.15, 0.2) is 42.5 Å². The van der Waals surface area contributed by atoms with Crippen molar-refractivity contribution in [3.63, 3.8) is 0 Å². The van der Waals surface area contributed by atoms with Gasteiger partial charge in [-0.25, -0.2) is 0 Å². The first-order chi connectivity index (χ1) is 11.0. The summed E-state index contributed by atoms with van der Waals surface area (Å²) in [4.78, 5) is 12.1. The molecule has 1 N–H and O–H groups in total. The molecule has 2 aromatic rings. The SMILES string of the molecule is Cc1cc(C(F)(F)C(F)(F)F)ccc1NC(=O)c1cccc(Cl)c1. The molecule has 0 spiro atoms. The van der Waals surface area contributed by atoms with Crippen LogP contribution in [-0.4, -0.2) is 12.1 Å². The highest BCUT2D eigenvalue weighted by Gasteiger charge is 2.58. The van der Waals surface area contributed by atoms with Gasteiger partial charge in [0, 0.05) is 21.8 Å². The normalized spacial score (nSPS) is 12.1. The van der Waals surface area contributed by atoms with E-state index in [0.717, 1.165) is 6.07 Å². The Hall–Kier alpha value is -2.15. The van der Waals surface area contributed by atoms with E-state index < -0.39 is 23.6 Å². The maximum atomic E-state index is 13.3. The van der Waals surface area contributed by atoms with E-state index in [9.17, 15) is 26.7 Å². The Morgan fingerprint density at radius 3 is 2.25 bits per heavy atom. The van der Waals surface area contributed by atoms with Gasteiger partial charge in [-0.1, -0.05) is 23.7 Å². The average molecular weight is 364 g/mol. The van der Waals surface area contributed by atoms with Gasteiger partial charge in [0.05, 0.1) is 0 Å². The first kappa shape index (κ1) is 18.2. The van der Waals surface area contributed by atoms with Crippen LogP contribution in [0.5, 0.6) is 0 Å². The second-order valence-electron chi connectivity index (χ2n) is 5.07. The fourth-order valence-corrected chi connectivity index (χ4v) is 2.18. The van der Waals surface area contributed by atoms with Gasteiger partial charge in [-0.3, -0.25) is 4.79 Å². The monoisotopic (exact) mass is 363 g/mol. The van der Waals surface area contributed by atoms with Gasteiger partial charge in [-0.2, -0.15) is 22.0 Å². The molecule has 0 aliphatic heterocycles. The fraction of sp³-hybridized carbons (Fsp3) is 0.188. The lowest BCUT2D eigenvalue weighted by atomic mass is 10.0. The number of alkyl halides is 5. The number of aryl methyl sites for hydroxylation is 1. The highest BCUT2D eigenvalue weighted by molar-refractivity contribution is 6.31. The zero-order valence-corrected chi connectivity index (χ0v) is 13.0. The lowest BCUT2D eigenvalue weighted by molar-refractivity contribution is -0.289. The third-order valence-electron chi connectivity index (χ3n) is 3.28.